The van der Waals surface area contributed by atoms with Gasteiger partial charge in [-0.05, 0) is 54.4 Å². The lowest BCUT2D eigenvalue weighted by molar-refractivity contribution is 0.431. The molecule has 0 saturated carbocycles. The van der Waals surface area contributed by atoms with Gasteiger partial charge in [-0.15, -0.1) is 0 Å². The van der Waals surface area contributed by atoms with Gasteiger partial charge in [-0.3, -0.25) is 0 Å². The molecular weight excluding hydrogens is 458 g/mol. The van der Waals surface area contributed by atoms with Crippen molar-refractivity contribution in [2.75, 3.05) is 0 Å². The highest BCUT2D eigenvalue weighted by Crippen LogP contribution is 2.50. The molecule has 180 valence electrons. The Hall–Kier alpha value is -2.57. The molecule has 0 spiro atoms. The van der Waals surface area contributed by atoms with Gasteiger partial charge in [0, 0.05) is 28.1 Å². The highest BCUT2D eigenvalue weighted by atomic mass is 32.2. The van der Waals surface area contributed by atoms with E-state index in [2.05, 4.69) is 60.4 Å². The predicted molar refractivity (Wildman–Crippen MR) is 144 cm³/mol. The Bertz CT molecular complexity index is 1430. The van der Waals surface area contributed by atoms with E-state index in [0.29, 0.717) is 5.52 Å². The van der Waals surface area contributed by atoms with Crippen LogP contribution in [0.15, 0.2) is 72.0 Å². The van der Waals surface area contributed by atoms with Gasteiger partial charge in [0.25, 0.3) is 10.0 Å². The fraction of sp³-hybridized carbons (Fsp3) is 0.357. The molecule has 34 heavy (non-hydrogen) atoms. The lowest BCUT2D eigenvalue weighted by Crippen LogP contribution is -2.39. The summed E-state index contributed by atoms with van der Waals surface area (Å²) in [7, 11) is -5.85. The second kappa shape index (κ2) is 7.72. The average Bonchev–Trinajstić information content (AvgIpc) is 3.13. The van der Waals surface area contributed by atoms with Crippen molar-refractivity contribution in [3.63, 3.8) is 0 Å². The third-order valence-electron chi connectivity index (χ3n) is 7.69. The van der Waals surface area contributed by atoms with Crippen LogP contribution in [0.25, 0.3) is 16.5 Å². The van der Waals surface area contributed by atoms with Crippen LogP contribution in [0.2, 0.25) is 18.1 Å². The summed E-state index contributed by atoms with van der Waals surface area (Å²) < 4.78 is 35.3. The molecule has 6 heteroatoms. The van der Waals surface area contributed by atoms with Crippen LogP contribution in [0, 0.1) is 6.92 Å². The van der Waals surface area contributed by atoms with Crippen molar-refractivity contribution in [3.05, 3.63) is 83.8 Å². The molecule has 4 nitrogen and oxygen atoms in total. The summed E-state index contributed by atoms with van der Waals surface area (Å²) >= 11 is 0. The van der Waals surface area contributed by atoms with Gasteiger partial charge in [0.15, 0.2) is 0 Å². The molecule has 1 aliphatic rings. The van der Waals surface area contributed by atoms with Crippen LogP contribution in [0.1, 0.15) is 51.3 Å². The smallest absolute Gasteiger partial charge is 0.268 e. The summed E-state index contributed by atoms with van der Waals surface area (Å²) in [5, 5.41) is 0.990. The van der Waals surface area contributed by atoms with E-state index in [-0.39, 0.29) is 15.3 Å². The molecule has 4 rings (SSSR count). The largest absolute Gasteiger partial charge is 0.548 e. The summed E-state index contributed by atoms with van der Waals surface area (Å²) in [6.45, 7) is 21.7. The van der Waals surface area contributed by atoms with Crippen molar-refractivity contribution in [1.82, 2.24) is 3.97 Å². The highest BCUT2D eigenvalue weighted by molar-refractivity contribution is 7.90. The van der Waals surface area contributed by atoms with Gasteiger partial charge in [0.1, 0.15) is 0 Å². The van der Waals surface area contributed by atoms with E-state index in [9.17, 15) is 8.42 Å². The summed E-state index contributed by atoms with van der Waals surface area (Å²) in [6.07, 6.45) is 3.58. The zero-order valence-corrected chi connectivity index (χ0v) is 23.3. The zero-order chi connectivity index (χ0) is 25.3. The number of aromatic nitrogens is 1. The van der Waals surface area contributed by atoms with E-state index in [0.717, 1.165) is 33.2 Å². The van der Waals surface area contributed by atoms with Crippen LogP contribution >= 0.6 is 0 Å². The lowest BCUT2D eigenvalue weighted by Gasteiger charge is -2.37. The number of benzene rings is 2. The summed E-state index contributed by atoms with van der Waals surface area (Å²) in [4.78, 5) is 0.271. The van der Waals surface area contributed by atoms with Crippen LogP contribution in [-0.2, 0) is 19.9 Å². The fourth-order valence-electron chi connectivity index (χ4n) is 4.19. The van der Waals surface area contributed by atoms with Crippen LogP contribution in [0.5, 0.6) is 0 Å². The van der Waals surface area contributed by atoms with Gasteiger partial charge in [0.2, 0.25) is 8.32 Å². The molecule has 2 aromatic carbocycles. The molecule has 0 fully saturated rings. The molecule has 0 bridgehead atoms. The maximum Gasteiger partial charge on any atom is 0.268 e. The molecule has 0 atom stereocenters. The third kappa shape index (κ3) is 3.68. The molecule has 1 aliphatic carbocycles. The molecule has 0 radical (unpaired) electrons. The predicted octanol–water partition coefficient (Wildman–Crippen LogP) is 7.40. The Labute approximate surface area is 205 Å². The van der Waals surface area contributed by atoms with Crippen molar-refractivity contribution in [2.24, 2.45) is 0 Å². The topological polar surface area (TPSA) is 48.3 Å². The van der Waals surface area contributed by atoms with Crippen molar-refractivity contribution in [2.45, 2.75) is 70.0 Å². The SMILES string of the molecule is C=C1/C(=C/O[Si](C)(C)C(C)(C)C)c2cn(S(=O)(=O)c3ccc(C)cc3)c3cccc(c23)C1(C)C. The minimum absolute atomic E-state index is 0.0452. The average molecular weight is 494 g/mol. The van der Waals surface area contributed by atoms with Gasteiger partial charge >= 0.3 is 0 Å². The number of rotatable bonds is 4. The molecule has 0 N–H and O–H groups in total. The first-order valence-electron chi connectivity index (χ1n) is 11.6. The van der Waals surface area contributed by atoms with E-state index >= 15 is 0 Å². The fourth-order valence-corrected chi connectivity index (χ4v) is 6.31. The van der Waals surface area contributed by atoms with E-state index in [4.69, 9.17) is 4.43 Å². The number of nitrogens with zero attached hydrogens (tertiary/aromatic N) is 1. The highest BCUT2D eigenvalue weighted by Gasteiger charge is 2.40. The molecule has 1 aromatic heterocycles. The summed E-state index contributed by atoms with van der Waals surface area (Å²) in [5.74, 6) is 0. The second-order valence-electron chi connectivity index (χ2n) is 11.4. The number of hydrogen-bond acceptors (Lipinski definition) is 3. The maximum atomic E-state index is 13.7. The number of aryl methyl sites for hydroxylation is 1. The Kier molecular flexibility index (Phi) is 5.57. The Balaban J connectivity index is 1.99. The molecule has 3 aromatic rings. The van der Waals surface area contributed by atoms with Crippen LogP contribution in [0.3, 0.4) is 0 Å². The minimum atomic E-state index is -3.78. The molecule has 0 amide bonds. The number of hydrogen-bond donors (Lipinski definition) is 0. The zero-order valence-electron chi connectivity index (χ0n) is 21.5. The summed E-state index contributed by atoms with van der Waals surface area (Å²) in [6, 6.07) is 12.9. The van der Waals surface area contributed by atoms with E-state index in [1.165, 1.54) is 3.97 Å². The quantitative estimate of drug-likeness (QED) is 0.281. The van der Waals surface area contributed by atoms with E-state index in [1.807, 2.05) is 37.5 Å². The van der Waals surface area contributed by atoms with Crippen molar-refractivity contribution in [3.8, 4) is 0 Å². The summed E-state index contributed by atoms with van der Waals surface area (Å²) in [5.41, 5.74) is 5.05. The van der Waals surface area contributed by atoms with Gasteiger partial charge in [-0.2, -0.15) is 0 Å². The normalized spacial score (nSPS) is 17.4. The Morgan fingerprint density at radius 2 is 1.68 bits per heavy atom. The Morgan fingerprint density at radius 1 is 1.06 bits per heavy atom. The molecular formula is C28H35NO3SSi. The van der Waals surface area contributed by atoms with Crippen molar-refractivity contribution >= 4 is 34.8 Å². The first kappa shape index (κ1) is 24.5. The molecule has 0 aliphatic heterocycles. The van der Waals surface area contributed by atoms with Crippen LogP contribution in [0.4, 0.5) is 0 Å². The first-order chi connectivity index (χ1) is 15.6. The van der Waals surface area contributed by atoms with Gasteiger partial charge in [-0.1, -0.05) is 71.0 Å². The Morgan fingerprint density at radius 3 is 2.26 bits per heavy atom. The van der Waals surface area contributed by atoms with Crippen LogP contribution in [-0.4, -0.2) is 20.7 Å². The molecule has 0 unspecified atom stereocenters. The number of allylic oxidation sites excluding steroid dienone is 2. The minimum Gasteiger partial charge on any atom is -0.548 e. The van der Waals surface area contributed by atoms with Gasteiger partial charge < -0.3 is 4.43 Å². The molecule has 1 heterocycles. The second-order valence-corrected chi connectivity index (χ2v) is 17.9. The standard InChI is InChI=1S/C28H35NO3SSi/c1-19-13-15-21(16-14-19)33(30,31)29-17-22-23(18-32-34(8,9)27(3,4)5)20(2)28(6,7)24-11-10-12-25(29)26(22)24/h10-18H,2H2,1,3-9H3/b23-18-. The van der Waals surface area contributed by atoms with E-state index in [1.54, 1.807) is 18.3 Å². The maximum absolute atomic E-state index is 13.7. The third-order valence-corrected chi connectivity index (χ3v) is 13.7. The van der Waals surface area contributed by atoms with Crippen molar-refractivity contribution in [1.29, 1.82) is 0 Å². The monoisotopic (exact) mass is 493 g/mol. The lowest BCUT2D eigenvalue weighted by atomic mass is 9.69. The van der Waals surface area contributed by atoms with Gasteiger partial charge in [0.05, 0.1) is 16.7 Å². The van der Waals surface area contributed by atoms with Crippen LogP contribution < -0.4 is 0 Å². The first-order valence-corrected chi connectivity index (χ1v) is 16.0. The molecule has 0 saturated heterocycles. The van der Waals surface area contributed by atoms with E-state index < -0.39 is 18.3 Å². The van der Waals surface area contributed by atoms with Gasteiger partial charge in [-0.25, -0.2) is 12.4 Å². The van der Waals surface area contributed by atoms with Crippen molar-refractivity contribution < 1.29 is 12.8 Å².